The third kappa shape index (κ3) is 6.29. The molecule has 184 valence electrons. The van der Waals surface area contributed by atoms with Gasteiger partial charge in [-0.1, -0.05) is 32.3 Å². The van der Waals surface area contributed by atoms with Crippen LogP contribution in [0, 0.1) is 0 Å². The topological polar surface area (TPSA) is 68.3 Å². The van der Waals surface area contributed by atoms with Crippen LogP contribution < -0.4 is 19.1 Å². The minimum atomic E-state index is -0.470. The molecule has 0 spiro atoms. The van der Waals surface area contributed by atoms with Gasteiger partial charge in [-0.05, 0) is 61.9 Å². The van der Waals surface area contributed by atoms with Crippen LogP contribution in [0.5, 0.6) is 17.2 Å². The molecular formula is C27H36N2O5. The van der Waals surface area contributed by atoms with Crippen LogP contribution in [-0.4, -0.2) is 57.2 Å². The summed E-state index contributed by atoms with van der Waals surface area (Å²) in [5, 5.41) is 0. The zero-order chi connectivity index (χ0) is 24.5. The van der Waals surface area contributed by atoms with E-state index in [9.17, 15) is 9.59 Å². The van der Waals surface area contributed by atoms with Crippen LogP contribution in [-0.2, 0) is 16.0 Å². The Hall–Kier alpha value is -3.06. The second-order valence-corrected chi connectivity index (χ2v) is 8.61. The van der Waals surface area contributed by atoms with E-state index in [0.29, 0.717) is 30.3 Å². The van der Waals surface area contributed by atoms with Crippen LogP contribution in [0.15, 0.2) is 42.5 Å². The summed E-state index contributed by atoms with van der Waals surface area (Å²) >= 11 is 0. The number of hydrogen-bond donors (Lipinski definition) is 0. The largest absolute Gasteiger partial charge is 0.494 e. The van der Waals surface area contributed by atoms with E-state index in [0.717, 1.165) is 30.6 Å². The van der Waals surface area contributed by atoms with Crippen molar-refractivity contribution in [1.82, 2.24) is 4.90 Å². The Bertz CT molecular complexity index is 960. The lowest BCUT2D eigenvalue weighted by Crippen LogP contribution is -2.40. The van der Waals surface area contributed by atoms with E-state index in [1.54, 1.807) is 26.4 Å². The van der Waals surface area contributed by atoms with Gasteiger partial charge in [0.1, 0.15) is 5.75 Å². The fourth-order valence-corrected chi connectivity index (χ4v) is 4.14. The number of ether oxygens (including phenoxy) is 3. The van der Waals surface area contributed by atoms with Gasteiger partial charge in [-0.15, -0.1) is 0 Å². The van der Waals surface area contributed by atoms with E-state index in [2.05, 4.69) is 6.92 Å². The zero-order valence-electron chi connectivity index (χ0n) is 20.7. The van der Waals surface area contributed by atoms with E-state index in [1.165, 1.54) is 17.7 Å². The van der Waals surface area contributed by atoms with E-state index >= 15 is 0 Å². The molecule has 2 aromatic rings. The summed E-state index contributed by atoms with van der Waals surface area (Å²) < 4.78 is 16.4. The average molecular weight is 469 g/mol. The Balaban J connectivity index is 1.56. The van der Waals surface area contributed by atoms with Gasteiger partial charge in [-0.2, -0.15) is 0 Å². The highest BCUT2D eigenvalue weighted by molar-refractivity contribution is 6.22. The normalized spacial score (nSPS) is 15.8. The fourth-order valence-electron chi connectivity index (χ4n) is 4.14. The molecule has 34 heavy (non-hydrogen) atoms. The summed E-state index contributed by atoms with van der Waals surface area (Å²) in [5.41, 5.74) is 1.66. The second-order valence-electron chi connectivity index (χ2n) is 8.61. The molecule has 0 aliphatic carbocycles. The molecule has 1 atom stereocenters. The van der Waals surface area contributed by atoms with E-state index in [1.807, 2.05) is 42.3 Å². The Kier molecular flexibility index (Phi) is 9.33. The Morgan fingerprint density at radius 1 is 0.971 bits per heavy atom. The van der Waals surface area contributed by atoms with Gasteiger partial charge in [0.2, 0.25) is 5.91 Å². The third-order valence-corrected chi connectivity index (χ3v) is 6.22. The van der Waals surface area contributed by atoms with Crippen molar-refractivity contribution in [2.24, 2.45) is 0 Å². The summed E-state index contributed by atoms with van der Waals surface area (Å²) in [5.74, 6) is 1.74. The Morgan fingerprint density at radius 3 is 2.38 bits per heavy atom. The molecule has 2 amide bonds. The highest BCUT2D eigenvalue weighted by atomic mass is 16.5. The summed E-state index contributed by atoms with van der Waals surface area (Å²) in [7, 11) is 5.10. The van der Waals surface area contributed by atoms with Crippen LogP contribution in [0.4, 0.5) is 5.69 Å². The van der Waals surface area contributed by atoms with Crippen molar-refractivity contribution < 1.29 is 23.8 Å². The molecule has 0 saturated carbocycles. The summed E-state index contributed by atoms with van der Waals surface area (Å²) in [6.45, 7) is 3.49. The van der Waals surface area contributed by atoms with Crippen LogP contribution in [0.1, 0.15) is 44.6 Å². The van der Waals surface area contributed by atoms with Gasteiger partial charge >= 0.3 is 0 Å². The van der Waals surface area contributed by atoms with Crippen molar-refractivity contribution in [3.63, 3.8) is 0 Å². The Labute approximate surface area is 202 Å². The number of anilines is 1. The number of benzene rings is 2. The molecule has 1 heterocycles. The van der Waals surface area contributed by atoms with E-state index < -0.39 is 6.04 Å². The highest BCUT2D eigenvalue weighted by Gasteiger charge is 2.41. The number of imide groups is 1. The van der Waals surface area contributed by atoms with Crippen LogP contribution in [0.3, 0.4) is 0 Å². The van der Waals surface area contributed by atoms with Crippen molar-refractivity contribution >= 4 is 17.5 Å². The summed E-state index contributed by atoms with van der Waals surface area (Å²) in [4.78, 5) is 29.1. The van der Waals surface area contributed by atoms with Crippen molar-refractivity contribution in [2.75, 3.05) is 39.3 Å². The number of methoxy groups -OCH3 is 2. The molecule has 3 rings (SSSR count). The molecule has 0 radical (unpaired) electrons. The van der Waals surface area contributed by atoms with Gasteiger partial charge in [-0.3, -0.25) is 14.5 Å². The molecule has 1 aliphatic rings. The molecule has 0 aromatic heterocycles. The number of rotatable bonds is 13. The van der Waals surface area contributed by atoms with E-state index in [-0.39, 0.29) is 18.2 Å². The molecular weight excluding hydrogens is 432 g/mol. The molecule has 1 saturated heterocycles. The van der Waals surface area contributed by atoms with Gasteiger partial charge in [-0.25, -0.2) is 4.90 Å². The van der Waals surface area contributed by atoms with E-state index in [4.69, 9.17) is 14.2 Å². The fraction of sp³-hybridized carbons (Fsp3) is 0.481. The standard InChI is InChI=1S/C27H36N2O5/c1-5-6-7-8-17-34-22-12-10-21(11-13-22)29-26(30)19-23(27(29)31)28(2)16-15-20-9-14-24(32-3)25(18-20)33-4/h9-14,18,23H,5-8,15-17,19H2,1-4H3/t23-/m1/s1. The summed E-state index contributed by atoms with van der Waals surface area (Å²) in [6.07, 6.45) is 5.49. The maximum atomic E-state index is 13.1. The molecule has 7 heteroatoms. The smallest absolute Gasteiger partial charge is 0.251 e. The maximum Gasteiger partial charge on any atom is 0.251 e. The van der Waals surface area contributed by atoms with Crippen molar-refractivity contribution in [2.45, 2.75) is 51.5 Å². The number of hydrogen-bond acceptors (Lipinski definition) is 6. The van der Waals surface area contributed by atoms with Gasteiger partial charge in [0, 0.05) is 6.54 Å². The van der Waals surface area contributed by atoms with Gasteiger partial charge < -0.3 is 14.2 Å². The number of likely N-dealkylation sites (N-methyl/N-ethyl adjacent to an activating group) is 1. The molecule has 0 N–H and O–H groups in total. The lowest BCUT2D eigenvalue weighted by atomic mass is 10.1. The quantitative estimate of drug-likeness (QED) is 0.319. The van der Waals surface area contributed by atoms with Crippen molar-refractivity contribution in [1.29, 1.82) is 0 Å². The molecule has 0 unspecified atom stereocenters. The zero-order valence-corrected chi connectivity index (χ0v) is 20.7. The minimum Gasteiger partial charge on any atom is -0.494 e. The van der Waals surface area contributed by atoms with Crippen LogP contribution in [0.25, 0.3) is 0 Å². The summed E-state index contributed by atoms with van der Waals surface area (Å²) in [6, 6.07) is 12.5. The predicted octanol–water partition coefficient (Wildman–Crippen LogP) is 4.47. The van der Waals surface area contributed by atoms with Crippen molar-refractivity contribution in [3.05, 3.63) is 48.0 Å². The number of carbonyl (C=O) groups is 2. The van der Waals surface area contributed by atoms with Gasteiger partial charge in [0.25, 0.3) is 5.91 Å². The molecule has 0 bridgehead atoms. The monoisotopic (exact) mass is 468 g/mol. The lowest BCUT2D eigenvalue weighted by molar-refractivity contribution is -0.122. The number of unbranched alkanes of at least 4 members (excludes halogenated alkanes) is 3. The number of nitrogens with zero attached hydrogens (tertiary/aromatic N) is 2. The van der Waals surface area contributed by atoms with Crippen molar-refractivity contribution in [3.8, 4) is 17.2 Å². The van der Waals surface area contributed by atoms with Crippen LogP contribution >= 0.6 is 0 Å². The third-order valence-electron chi connectivity index (χ3n) is 6.22. The second kappa shape index (κ2) is 12.4. The number of amides is 2. The van der Waals surface area contributed by atoms with Gasteiger partial charge in [0.05, 0.1) is 39.0 Å². The van der Waals surface area contributed by atoms with Gasteiger partial charge in [0.15, 0.2) is 11.5 Å². The number of carbonyl (C=O) groups excluding carboxylic acids is 2. The first-order chi connectivity index (χ1) is 16.5. The maximum absolute atomic E-state index is 13.1. The highest BCUT2D eigenvalue weighted by Crippen LogP contribution is 2.29. The average Bonchev–Trinajstić information content (AvgIpc) is 3.16. The minimum absolute atomic E-state index is 0.178. The molecule has 1 fully saturated rings. The molecule has 2 aromatic carbocycles. The molecule has 7 nitrogen and oxygen atoms in total. The first-order valence-electron chi connectivity index (χ1n) is 12.0. The van der Waals surface area contributed by atoms with Crippen LogP contribution in [0.2, 0.25) is 0 Å². The Morgan fingerprint density at radius 2 is 1.71 bits per heavy atom. The first-order valence-corrected chi connectivity index (χ1v) is 12.0. The predicted molar refractivity (Wildman–Crippen MR) is 133 cm³/mol. The molecule has 1 aliphatic heterocycles. The SMILES string of the molecule is CCCCCCOc1ccc(N2C(=O)C[C@@H](N(C)CCc3ccc(OC)c(OC)c3)C2=O)cc1. The lowest BCUT2D eigenvalue weighted by Gasteiger charge is -2.23. The first kappa shape index (κ1) is 25.6.